The van der Waals surface area contributed by atoms with Crippen molar-refractivity contribution >= 4 is 34.1 Å². The van der Waals surface area contributed by atoms with Gasteiger partial charge >= 0.3 is 0 Å². The monoisotopic (exact) mass is 330 g/mol. The molecule has 6 heteroatoms. The minimum Gasteiger partial charge on any atom is -0.304 e. The van der Waals surface area contributed by atoms with Crippen molar-refractivity contribution in [2.45, 2.75) is 30.8 Å². The molecule has 22 heavy (non-hydrogen) atoms. The number of benzene rings is 2. The third kappa shape index (κ3) is 2.16. The predicted molar refractivity (Wildman–Crippen MR) is 91.1 cm³/mol. The van der Waals surface area contributed by atoms with Crippen LogP contribution in [0.25, 0.3) is 10.8 Å². The van der Waals surface area contributed by atoms with Crippen molar-refractivity contribution in [1.82, 2.24) is 14.9 Å². The molecule has 0 aliphatic carbocycles. The number of hydrogen-bond acceptors (Lipinski definition) is 4. The first-order valence-electron chi connectivity index (χ1n) is 7.23. The van der Waals surface area contributed by atoms with Crippen molar-refractivity contribution < 1.29 is 0 Å². The van der Waals surface area contributed by atoms with Gasteiger partial charge in [0.2, 0.25) is 5.16 Å². The number of aromatic nitrogens is 3. The average molecular weight is 331 g/mol. The molecule has 2 heterocycles. The predicted octanol–water partition coefficient (Wildman–Crippen LogP) is 4.30. The first kappa shape index (κ1) is 13.9. The lowest BCUT2D eigenvalue weighted by Gasteiger charge is -2.15. The topological polar surface area (TPSA) is 42.7 Å². The molecule has 1 aliphatic rings. The molecule has 4 nitrogen and oxygen atoms in total. The van der Waals surface area contributed by atoms with Gasteiger partial charge in [-0.3, -0.25) is 0 Å². The Hall–Kier alpha value is -1.72. The van der Waals surface area contributed by atoms with E-state index in [9.17, 15) is 0 Å². The molecule has 1 unspecified atom stereocenters. The zero-order valence-corrected chi connectivity index (χ0v) is 13.9. The van der Waals surface area contributed by atoms with Crippen LogP contribution in [0.5, 0.6) is 0 Å². The molecule has 0 amide bonds. The lowest BCUT2D eigenvalue weighted by atomic mass is 10.0. The smallest absolute Gasteiger partial charge is 0.212 e. The summed E-state index contributed by atoms with van der Waals surface area (Å²) in [6.07, 6.45) is 0.845. The second kappa shape index (κ2) is 5.18. The summed E-state index contributed by atoms with van der Waals surface area (Å²) in [5, 5.41) is 12.5. The first-order valence-corrected chi connectivity index (χ1v) is 8.49. The van der Waals surface area contributed by atoms with Crippen molar-refractivity contribution in [2.75, 3.05) is 5.43 Å². The van der Waals surface area contributed by atoms with Gasteiger partial charge in [-0.05, 0) is 29.8 Å². The number of hydrogen-bond donors (Lipinski definition) is 1. The Morgan fingerprint density at radius 1 is 1.23 bits per heavy atom. The second-order valence-corrected chi connectivity index (χ2v) is 6.92. The highest BCUT2D eigenvalue weighted by Gasteiger charge is 2.28. The van der Waals surface area contributed by atoms with E-state index in [-0.39, 0.29) is 5.37 Å². The van der Waals surface area contributed by atoms with Crippen LogP contribution in [0.15, 0.2) is 35.5 Å². The van der Waals surface area contributed by atoms with E-state index in [0.29, 0.717) is 0 Å². The zero-order chi connectivity index (χ0) is 15.3. The van der Waals surface area contributed by atoms with E-state index >= 15 is 0 Å². The van der Waals surface area contributed by atoms with Gasteiger partial charge in [0.1, 0.15) is 5.37 Å². The van der Waals surface area contributed by atoms with E-state index in [2.05, 4.69) is 53.7 Å². The fourth-order valence-electron chi connectivity index (χ4n) is 2.73. The van der Waals surface area contributed by atoms with Gasteiger partial charge in [0.15, 0.2) is 5.82 Å². The van der Waals surface area contributed by atoms with Crippen LogP contribution in [0, 0.1) is 6.92 Å². The van der Waals surface area contributed by atoms with Crippen molar-refractivity contribution in [3.63, 3.8) is 0 Å². The van der Waals surface area contributed by atoms with Crippen LogP contribution in [0.3, 0.4) is 0 Å². The third-order valence-electron chi connectivity index (χ3n) is 3.88. The number of nitrogens with one attached hydrogen (secondary N) is 1. The molecule has 1 N–H and O–H groups in total. The summed E-state index contributed by atoms with van der Waals surface area (Å²) in [4.78, 5) is 0. The molecule has 4 rings (SSSR count). The molecular weight excluding hydrogens is 316 g/mol. The molecule has 0 radical (unpaired) electrons. The highest BCUT2D eigenvalue weighted by Crippen LogP contribution is 2.42. The van der Waals surface area contributed by atoms with Crippen molar-refractivity contribution in [3.05, 3.63) is 52.3 Å². The van der Waals surface area contributed by atoms with E-state index in [0.717, 1.165) is 33.4 Å². The van der Waals surface area contributed by atoms with E-state index in [1.165, 1.54) is 10.9 Å². The van der Waals surface area contributed by atoms with Gasteiger partial charge in [-0.25, -0.2) is 4.68 Å². The number of thioether (sulfide) groups is 1. The van der Waals surface area contributed by atoms with E-state index in [1.54, 1.807) is 11.8 Å². The summed E-state index contributed by atoms with van der Waals surface area (Å²) >= 11 is 8.15. The van der Waals surface area contributed by atoms with Crippen molar-refractivity contribution in [1.29, 1.82) is 0 Å². The molecule has 3 aromatic rings. The molecule has 1 aliphatic heterocycles. The fraction of sp³-hybridized carbons (Fsp3) is 0.250. The SMILES string of the molecule is CCc1nnc2n1NC(c1cc3cc(C)ccc3cc1Cl)S2. The minimum absolute atomic E-state index is 0.0632. The Balaban J connectivity index is 1.76. The highest BCUT2D eigenvalue weighted by atomic mass is 35.5. The standard InChI is InChI=1S/C16H15ClN4S/c1-3-14-18-19-16-21(14)20-15(22-16)12-7-11-6-9(2)4-5-10(11)8-13(12)17/h4-8,15,20H,3H2,1-2H3. The number of rotatable bonds is 2. The summed E-state index contributed by atoms with van der Waals surface area (Å²) in [7, 11) is 0. The fourth-order valence-corrected chi connectivity index (χ4v) is 4.11. The van der Waals surface area contributed by atoms with Crippen LogP contribution < -0.4 is 5.43 Å². The van der Waals surface area contributed by atoms with Crippen molar-refractivity contribution in [2.24, 2.45) is 0 Å². The van der Waals surface area contributed by atoms with Gasteiger partial charge < -0.3 is 5.43 Å². The molecule has 0 bridgehead atoms. The molecule has 0 fully saturated rings. The Kier molecular flexibility index (Phi) is 3.27. The van der Waals surface area contributed by atoms with E-state index in [4.69, 9.17) is 11.6 Å². The third-order valence-corrected chi connectivity index (χ3v) is 5.28. The molecule has 0 saturated heterocycles. The molecule has 0 spiro atoms. The Labute approximate surface area is 137 Å². The quantitative estimate of drug-likeness (QED) is 0.760. The maximum Gasteiger partial charge on any atom is 0.212 e. The number of nitrogens with zero attached hydrogens (tertiary/aromatic N) is 3. The van der Waals surface area contributed by atoms with Gasteiger partial charge in [0.25, 0.3) is 0 Å². The molecular formula is C16H15ClN4S. The normalized spacial score (nSPS) is 16.8. The van der Waals surface area contributed by atoms with E-state index in [1.807, 2.05) is 10.7 Å². The number of aryl methyl sites for hydroxylation is 2. The largest absolute Gasteiger partial charge is 0.304 e. The Bertz CT molecular complexity index is 874. The van der Waals surface area contributed by atoms with Gasteiger partial charge in [-0.15, -0.1) is 10.2 Å². The van der Waals surface area contributed by atoms with E-state index < -0.39 is 0 Å². The summed E-state index contributed by atoms with van der Waals surface area (Å²) in [5.41, 5.74) is 5.77. The van der Waals surface area contributed by atoms with Crippen LogP contribution >= 0.6 is 23.4 Å². The Morgan fingerprint density at radius 3 is 2.91 bits per heavy atom. The van der Waals surface area contributed by atoms with Crippen LogP contribution in [-0.4, -0.2) is 14.9 Å². The summed E-state index contributed by atoms with van der Waals surface area (Å²) in [6.45, 7) is 4.17. The second-order valence-electron chi connectivity index (χ2n) is 5.44. The van der Waals surface area contributed by atoms with Gasteiger partial charge in [0.05, 0.1) is 0 Å². The molecule has 0 saturated carbocycles. The van der Waals surface area contributed by atoms with Gasteiger partial charge in [0, 0.05) is 17.0 Å². The zero-order valence-electron chi connectivity index (χ0n) is 12.3. The highest BCUT2D eigenvalue weighted by molar-refractivity contribution is 7.99. The molecule has 112 valence electrons. The number of halogens is 1. The van der Waals surface area contributed by atoms with Crippen LogP contribution in [-0.2, 0) is 6.42 Å². The van der Waals surface area contributed by atoms with Crippen LogP contribution in [0.2, 0.25) is 5.02 Å². The maximum absolute atomic E-state index is 6.51. The lowest BCUT2D eigenvalue weighted by molar-refractivity contribution is 0.740. The molecule has 2 aromatic carbocycles. The number of fused-ring (bicyclic) bond motifs is 2. The Morgan fingerprint density at radius 2 is 2.09 bits per heavy atom. The van der Waals surface area contributed by atoms with Gasteiger partial charge in [-0.2, -0.15) is 0 Å². The summed E-state index contributed by atoms with van der Waals surface area (Å²) in [6, 6.07) is 10.6. The van der Waals surface area contributed by atoms with Crippen LogP contribution in [0.1, 0.15) is 29.2 Å². The average Bonchev–Trinajstić information content (AvgIpc) is 3.06. The van der Waals surface area contributed by atoms with Crippen molar-refractivity contribution in [3.8, 4) is 0 Å². The molecule has 1 atom stereocenters. The minimum atomic E-state index is 0.0632. The van der Waals surface area contributed by atoms with Gasteiger partial charge in [-0.1, -0.05) is 54.0 Å². The summed E-state index contributed by atoms with van der Waals surface area (Å²) in [5.74, 6) is 0.942. The maximum atomic E-state index is 6.51. The summed E-state index contributed by atoms with van der Waals surface area (Å²) < 4.78 is 1.96. The first-order chi connectivity index (χ1) is 10.7. The van der Waals surface area contributed by atoms with Crippen LogP contribution in [0.4, 0.5) is 0 Å². The lowest BCUT2D eigenvalue weighted by Crippen LogP contribution is -2.15. The molecule has 1 aromatic heterocycles.